The Bertz CT molecular complexity index is 751. The van der Waals surface area contributed by atoms with Crippen molar-refractivity contribution in [1.82, 2.24) is 10.3 Å². The lowest BCUT2D eigenvalue weighted by Crippen LogP contribution is -2.35. The first-order chi connectivity index (χ1) is 12.2. The highest BCUT2D eigenvalue weighted by Crippen LogP contribution is 2.38. The first kappa shape index (κ1) is 17.6. The fourth-order valence-electron chi connectivity index (χ4n) is 3.10. The second kappa shape index (κ2) is 8.25. The standard InChI is InChI=1S/C19H22N2O3S/c1-24-17(22)11-6-12-20-18(23)13-7-2-3-8-14(13)19-21-15-9-4-5-10-16(15)25-19/h2-5,9-10,13-14H,6-8,11-12H2,1H3,(H,20,23). The summed E-state index contributed by atoms with van der Waals surface area (Å²) in [6.45, 7) is 0.487. The molecule has 0 saturated carbocycles. The average molecular weight is 358 g/mol. The highest BCUT2D eigenvalue weighted by molar-refractivity contribution is 7.18. The third-order valence-electron chi connectivity index (χ3n) is 4.48. The van der Waals surface area contributed by atoms with E-state index in [0.29, 0.717) is 19.4 Å². The molecule has 1 aromatic carbocycles. The molecule has 1 aliphatic carbocycles. The van der Waals surface area contributed by atoms with E-state index in [9.17, 15) is 9.59 Å². The maximum Gasteiger partial charge on any atom is 0.305 e. The molecule has 0 fully saturated rings. The van der Waals surface area contributed by atoms with Crippen LogP contribution in [0.3, 0.4) is 0 Å². The SMILES string of the molecule is COC(=O)CCCNC(=O)C1CC=CCC1c1nc2ccccc2s1. The van der Waals surface area contributed by atoms with Gasteiger partial charge >= 0.3 is 5.97 Å². The van der Waals surface area contributed by atoms with Gasteiger partial charge in [0.15, 0.2) is 0 Å². The van der Waals surface area contributed by atoms with E-state index in [0.717, 1.165) is 28.1 Å². The fourth-order valence-corrected chi connectivity index (χ4v) is 4.25. The van der Waals surface area contributed by atoms with Gasteiger partial charge in [0, 0.05) is 18.9 Å². The van der Waals surface area contributed by atoms with Gasteiger partial charge in [0.25, 0.3) is 0 Å². The normalized spacial score (nSPS) is 19.7. The molecule has 132 valence electrons. The first-order valence-corrected chi connectivity index (χ1v) is 9.35. The molecule has 6 heteroatoms. The molecule has 0 saturated heterocycles. The molecule has 1 N–H and O–H groups in total. The van der Waals surface area contributed by atoms with Gasteiger partial charge in [-0.25, -0.2) is 4.98 Å². The van der Waals surface area contributed by atoms with Crippen molar-refractivity contribution in [3.8, 4) is 0 Å². The summed E-state index contributed by atoms with van der Waals surface area (Å²) < 4.78 is 5.77. The van der Waals surface area contributed by atoms with Gasteiger partial charge in [0.1, 0.15) is 0 Å². The Balaban J connectivity index is 1.65. The van der Waals surface area contributed by atoms with Gasteiger partial charge in [-0.1, -0.05) is 24.3 Å². The molecule has 5 nitrogen and oxygen atoms in total. The van der Waals surface area contributed by atoms with E-state index in [1.165, 1.54) is 7.11 Å². The van der Waals surface area contributed by atoms with E-state index < -0.39 is 0 Å². The number of allylic oxidation sites excluding steroid dienone is 2. The van der Waals surface area contributed by atoms with Crippen molar-refractivity contribution in [1.29, 1.82) is 0 Å². The van der Waals surface area contributed by atoms with Crippen LogP contribution in [0.25, 0.3) is 10.2 Å². The minimum absolute atomic E-state index is 0.0403. The van der Waals surface area contributed by atoms with E-state index in [2.05, 4.69) is 28.3 Å². The number of hydrogen-bond donors (Lipinski definition) is 1. The molecule has 1 heterocycles. The summed E-state index contributed by atoms with van der Waals surface area (Å²) in [7, 11) is 1.37. The molecule has 1 aliphatic rings. The molecule has 0 bridgehead atoms. The number of esters is 1. The maximum absolute atomic E-state index is 12.6. The summed E-state index contributed by atoms with van der Waals surface area (Å²) in [4.78, 5) is 28.5. The van der Waals surface area contributed by atoms with Crippen LogP contribution >= 0.6 is 11.3 Å². The molecule has 2 unspecified atom stereocenters. The number of hydrogen-bond acceptors (Lipinski definition) is 5. The van der Waals surface area contributed by atoms with Gasteiger partial charge in [-0.2, -0.15) is 0 Å². The number of carbonyl (C=O) groups is 2. The number of nitrogens with one attached hydrogen (secondary N) is 1. The molecule has 25 heavy (non-hydrogen) atoms. The number of thiazole rings is 1. The Hall–Kier alpha value is -2.21. The van der Waals surface area contributed by atoms with E-state index in [1.807, 2.05) is 18.2 Å². The highest BCUT2D eigenvalue weighted by atomic mass is 32.1. The largest absolute Gasteiger partial charge is 0.469 e. The van der Waals surface area contributed by atoms with Crippen molar-refractivity contribution < 1.29 is 14.3 Å². The third kappa shape index (κ3) is 4.25. The smallest absolute Gasteiger partial charge is 0.305 e. The van der Waals surface area contributed by atoms with Crippen LogP contribution in [0.15, 0.2) is 36.4 Å². The number of methoxy groups -OCH3 is 1. The van der Waals surface area contributed by atoms with Crippen molar-refractivity contribution in [3.63, 3.8) is 0 Å². The fraction of sp³-hybridized carbons (Fsp3) is 0.421. The number of amides is 1. The summed E-state index contributed by atoms with van der Waals surface area (Å²) in [6.07, 6.45) is 6.68. The summed E-state index contributed by atoms with van der Waals surface area (Å²) in [5, 5.41) is 3.99. The Kier molecular flexibility index (Phi) is 5.81. The molecule has 2 aromatic rings. The number of nitrogens with zero attached hydrogens (tertiary/aromatic N) is 1. The van der Waals surface area contributed by atoms with E-state index in [1.54, 1.807) is 11.3 Å². The van der Waals surface area contributed by atoms with Crippen LogP contribution in [0.5, 0.6) is 0 Å². The number of fused-ring (bicyclic) bond motifs is 1. The predicted octanol–water partition coefficient (Wildman–Crippen LogP) is 3.42. The molecule has 0 radical (unpaired) electrons. The van der Waals surface area contributed by atoms with Gasteiger partial charge < -0.3 is 10.1 Å². The monoisotopic (exact) mass is 358 g/mol. The second-order valence-corrected chi connectivity index (χ2v) is 7.21. The number of para-hydroxylation sites is 1. The van der Waals surface area contributed by atoms with Crippen molar-refractivity contribution in [2.24, 2.45) is 5.92 Å². The molecule has 0 spiro atoms. The number of ether oxygens (including phenoxy) is 1. The molecule has 2 atom stereocenters. The minimum Gasteiger partial charge on any atom is -0.469 e. The van der Waals surface area contributed by atoms with Crippen LogP contribution in [0.4, 0.5) is 0 Å². The van der Waals surface area contributed by atoms with Gasteiger partial charge in [-0.3, -0.25) is 9.59 Å². The zero-order valence-electron chi connectivity index (χ0n) is 14.2. The van der Waals surface area contributed by atoms with Crippen LogP contribution in [0.2, 0.25) is 0 Å². The Labute approximate surface area is 151 Å². The first-order valence-electron chi connectivity index (χ1n) is 8.54. The Morgan fingerprint density at radius 2 is 2.08 bits per heavy atom. The zero-order chi connectivity index (χ0) is 17.6. The molecule has 1 amide bonds. The summed E-state index contributed by atoms with van der Waals surface area (Å²) in [5.41, 5.74) is 0.995. The molecule has 1 aromatic heterocycles. The van der Waals surface area contributed by atoms with E-state index in [-0.39, 0.29) is 23.7 Å². The topological polar surface area (TPSA) is 68.3 Å². The third-order valence-corrected chi connectivity index (χ3v) is 5.65. The highest BCUT2D eigenvalue weighted by Gasteiger charge is 2.32. The number of benzene rings is 1. The van der Waals surface area contributed by atoms with Crippen LogP contribution < -0.4 is 5.32 Å². The summed E-state index contributed by atoms with van der Waals surface area (Å²) >= 11 is 1.67. The molecule has 0 aliphatic heterocycles. The second-order valence-electron chi connectivity index (χ2n) is 6.15. The lowest BCUT2D eigenvalue weighted by atomic mass is 9.82. The molecular weight excluding hydrogens is 336 g/mol. The number of aromatic nitrogens is 1. The van der Waals surface area contributed by atoms with Crippen molar-refractivity contribution >= 4 is 33.4 Å². The maximum atomic E-state index is 12.6. The Morgan fingerprint density at radius 1 is 1.28 bits per heavy atom. The van der Waals surface area contributed by atoms with Crippen LogP contribution in [-0.4, -0.2) is 30.5 Å². The molecule has 3 rings (SSSR count). The van der Waals surface area contributed by atoms with Crippen LogP contribution in [0, 0.1) is 5.92 Å². The quantitative estimate of drug-likeness (QED) is 0.488. The van der Waals surface area contributed by atoms with Gasteiger partial charge in [-0.05, 0) is 31.4 Å². The zero-order valence-corrected chi connectivity index (χ0v) is 15.1. The summed E-state index contributed by atoms with van der Waals surface area (Å²) in [5.74, 6) is -0.202. The van der Waals surface area contributed by atoms with Crippen LogP contribution in [-0.2, 0) is 14.3 Å². The lowest BCUT2D eigenvalue weighted by Gasteiger charge is -2.26. The number of carbonyl (C=O) groups excluding carboxylic acids is 2. The van der Waals surface area contributed by atoms with Gasteiger partial charge in [-0.15, -0.1) is 11.3 Å². The number of rotatable bonds is 6. The minimum atomic E-state index is -0.248. The molecular formula is C19H22N2O3S. The van der Waals surface area contributed by atoms with Crippen molar-refractivity contribution in [2.75, 3.05) is 13.7 Å². The van der Waals surface area contributed by atoms with E-state index in [4.69, 9.17) is 4.98 Å². The van der Waals surface area contributed by atoms with Crippen molar-refractivity contribution in [2.45, 2.75) is 31.6 Å². The summed E-state index contributed by atoms with van der Waals surface area (Å²) in [6, 6.07) is 8.07. The van der Waals surface area contributed by atoms with Crippen LogP contribution in [0.1, 0.15) is 36.6 Å². The van der Waals surface area contributed by atoms with Gasteiger partial charge in [0.05, 0.1) is 28.3 Å². The average Bonchev–Trinajstić information content (AvgIpc) is 3.09. The van der Waals surface area contributed by atoms with E-state index >= 15 is 0 Å². The lowest BCUT2D eigenvalue weighted by molar-refractivity contribution is -0.140. The van der Waals surface area contributed by atoms with Gasteiger partial charge in [0.2, 0.25) is 5.91 Å². The Morgan fingerprint density at radius 3 is 2.88 bits per heavy atom. The predicted molar refractivity (Wildman–Crippen MR) is 98.5 cm³/mol. The van der Waals surface area contributed by atoms with Crippen molar-refractivity contribution in [3.05, 3.63) is 41.4 Å².